The minimum Gasteiger partial charge on any atom is -0.385 e. The van der Waals surface area contributed by atoms with Gasteiger partial charge < -0.3 is 10.6 Å². The zero-order valence-electron chi connectivity index (χ0n) is 11.8. The van der Waals surface area contributed by atoms with E-state index < -0.39 is 5.82 Å². The molecule has 0 saturated carbocycles. The summed E-state index contributed by atoms with van der Waals surface area (Å²) in [5.41, 5.74) is 2.34. The normalized spacial score (nSPS) is 10.3. The molecule has 2 rings (SSSR count). The Labute approximate surface area is 128 Å². The van der Waals surface area contributed by atoms with E-state index >= 15 is 0 Å². The van der Waals surface area contributed by atoms with E-state index in [4.69, 9.17) is 11.6 Å². The maximum atomic E-state index is 13.7. The number of halogens is 2. The van der Waals surface area contributed by atoms with Gasteiger partial charge in [0.25, 0.3) is 5.91 Å². The summed E-state index contributed by atoms with van der Waals surface area (Å²) in [6.45, 7) is 4.59. The lowest BCUT2D eigenvalue weighted by Crippen LogP contribution is -2.15. The summed E-state index contributed by atoms with van der Waals surface area (Å²) in [5, 5.41) is 5.98. The van der Waals surface area contributed by atoms with Gasteiger partial charge in [0.05, 0.1) is 11.3 Å². The van der Waals surface area contributed by atoms with Crippen LogP contribution in [-0.4, -0.2) is 12.5 Å². The summed E-state index contributed by atoms with van der Waals surface area (Å²) >= 11 is 5.69. The Kier molecular flexibility index (Phi) is 4.81. The molecule has 0 bridgehead atoms. The number of anilines is 2. The Hall–Kier alpha value is -2.07. The third kappa shape index (κ3) is 3.73. The first-order chi connectivity index (χ1) is 10.0. The molecule has 110 valence electrons. The highest BCUT2D eigenvalue weighted by Crippen LogP contribution is 2.22. The first-order valence-corrected chi connectivity index (χ1v) is 7.00. The highest BCUT2D eigenvalue weighted by Gasteiger charge is 2.13. The molecule has 0 saturated heterocycles. The number of rotatable bonds is 4. The van der Waals surface area contributed by atoms with Crippen molar-refractivity contribution in [3.05, 3.63) is 58.4 Å². The van der Waals surface area contributed by atoms with Crippen LogP contribution in [0, 0.1) is 12.7 Å². The highest BCUT2D eigenvalue weighted by atomic mass is 35.5. The molecule has 1 amide bonds. The van der Waals surface area contributed by atoms with Crippen LogP contribution in [0.3, 0.4) is 0 Å². The van der Waals surface area contributed by atoms with Crippen LogP contribution >= 0.6 is 11.6 Å². The van der Waals surface area contributed by atoms with Gasteiger partial charge in [-0.25, -0.2) is 4.39 Å². The molecule has 0 spiro atoms. The molecule has 21 heavy (non-hydrogen) atoms. The van der Waals surface area contributed by atoms with Crippen LogP contribution in [-0.2, 0) is 0 Å². The van der Waals surface area contributed by atoms with E-state index in [1.807, 2.05) is 26.0 Å². The van der Waals surface area contributed by atoms with Crippen molar-refractivity contribution in [2.75, 3.05) is 17.2 Å². The van der Waals surface area contributed by atoms with Crippen molar-refractivity contribution in [3.8, 4) is 0 Å². The Morgan fingerprint density at radius 1 is 1.19 bits per heavy atom. The molecule has 2 N–H and O–H groups in total. The lowest BCUT2D eigenvalue weighted by molar-refractivity contribution is 0.102. The van der Waals surface area contributed by atoms with Gasteiger partial charge in [-0.05, 0) is 49.7 Å². The fraction of sp³-hybridized carbons (Fsp3) is 0.188. The first-order valence-electron chi connectivity index (χ1n) is 6.62. The minimum absolute atomic E-state index is 0.104. The molecule has 0 aliphatic rings. The van der Waals surface area contributed by atoms with E-state index in [9.17, 15) is 9.18 Å². The van der Waals surface area contributed by atoms with Crippen molar-refractivity contribution >= 4 is 28.9 Å². The van der Waals surface area contributed by atoms with Gasteiger partial charge in [-0.2, -0.15) is 0 Å². The molecular weight excluding hydrogens is 291 g/mol. The summed E-state index contributed by atoms with van der Waals surface area (Å²) in [7, 11) is 0. The van der Waals surface area contributed by atoms with E-state index in [1.54, 1.807) is 6.07 Å². The molecule has 0 fully saturated rings. The zero-order chi connectivity index (χ0) is 15.4. The van der Waals surface area contributed by atoms with E-state index in [2.05, 4.69) is 10.6 Å². The SMILES string of the molecule is CCNc1cc(C)ccc1C(=O)Nc1ccc(Cl)cc1F. The number of nitrogens with one attached hydrogen (secondary N) is 2. The van der Waals surface area contributed by atoms with Crippen LogP contribution < -0.4 is 10.6 Å². The van der Waals surface area contributed by atoms with Crippen LogP contribution in [0.5, 0.6) is 0 Å². The molecule has 2 aromatic rings. The summed E-state index contributed by atoms with van der Waals surface area (Å²) in [4.78, 5) is 12.3. The van der Waals surface area contributed by atoms with Gasteiger partial charge in [-0.3, -0.25) is 4.79 Å². The van der Waals surface area contributed by atoms with Gasteiger partial charge in [-0.15, -0.1) is 0 Å². The molecule has 5 heteroatoms. The number of aryl methyl sites for hydroxylation is 1. The second kappa shape index (κ2) is 6.59. The van der Waals surface area contributed by atoms with Crippen molar-refractivity contribution in [2.24, 2.45) is 0 Å². The largest absolute Gasteiger partial charge is 0.385 e. The highest BCUT2D eigenvalue weighted by molar-refractivity contribution is 6.30. The first kappa shape index (κ1) is 15.3. The number of carbonyl (C=O) groups is 1. The fourth-order valence-electron chi connectivity index (χ4n) is 1.97. The molecular formula is C16H16ClFN2O. The molecule has 0 aliphatic heterocycles. The predicted molar refractivity (Wildman–Crippen MR) is 84.7 cm³/mol. The monoisotopic (exact) mass is 306 g/mol. The van der Waals surface area contributed by atoms with Gasteiger partial charge in [0.1, 0.15) is 5.82 Å². The Morgan fingerprint density at radius 2 is 1.95 bits per heavy atom. The van der Waals surface area contributed by atoms with Crippen molar-refractivity contribution in [1.29, 1.82) is 0 Å². The van der Waals surface area contributed by atoms with Crippen LogP contribution in [0.1, 0.15) is 22.8 Å². The summed E-state index contributed by atoms with van der Waals surface area (Å²) < 4.78 is 13.7. The van der Waals surface area contributed by atoms with Crippen molar-refractivity contribution in [2.45, 2.75) is 13.8 Å². The molecule has 0 unspecified atom stereocenters. The minimum atomic E-state index is -0.562. The second-order valence-electron chi connectivity index (χ2n) is 4.66. The Bertz CT molecular complexity index is 673. The zero-order valence-corrected chi connectivity index (χ0v) is 12.6. The Morgan fingerprint density at radius 3 is 2.62 bits per heavy atom. The number of amides is 1. The molecule has 2 aromatic carbocycles. The van der Waals surface area contributed by atoms with Gasteiger partial charge in [-0.1, -0.05) is 17.7 Å². The van der Waals surface area contributed by atoms with Crippen molar-refractivity contribution in [3.63, 3.8) is 0 Å². The molecule has 0 heterocycles. The number of hydrogen-bond acceptors (Lipinski definition) is 2. The van der Waals surface area contributed by atoms with Crippen LogP contribution in [0.4, 0.5) is 15.8 Å². The molecule has 3 nitrogen and oxygen atoms in total. The van der Waals surface area contributed by atoms with E-state index in [-0.39, 0.29) is 16.6 Å². The second-order valence-corrected chi connectivity index (χ2v) is 5.09. The Balaban J connectivity index is 2.28. The van der Waals surface area contributed by atoms with Crippen LogP contribution in [0.15, 0.2) is 36.4 Å². The average Bonchev–Trinajstić information content (AvgIpc) is 2.42. The fourth-order valence-corrected chi connectivity index (χ4v) is 2.13. The van der Waals surface area contributed by atoms with Gasteiger partial charge in [0.2, 0.25) is 0 Å². The predicted octanol–water partition coefficient (Wildman–Crippen LogP) is 4.47. The molecule has 0 aliphatic carbocycles. The molecule has 0 atom stereocenters. The quantitative estimate of drug-likeness (QED) is 0.875. The number of benzene rings is 2. The lowest BCUT2D eigenvalue weighted by atomic mass is 10.1. The third-order valence-electron chi connectivity index (χ3n) is 2.97. The lowest BCUT2D eigenvalue weighted by Gasteiger charge is -2.12. The summed E-state index contributed by atoms with van der Waals surface area (Å²) in [5.74, 6) is -0.930. The van der Waals surface area contributed by atoms with Crippen molar-refractivity contribution < 1.29 is 9.18 Å². The topological polar surface area (TPSA) is 41.1 Å². The average molecular weight is 307 g/mol. The van der Waals surface area contributed by atoms with Gasteiger partial charge in [0.15, 0.2) is 0 Å². The number of carbonyl (C=O) groups excluding carboxylic acids is 1. The molecule has 0 radical (unpaired) electrons. The van der Waals surface area contributed by atoms with E-state index in [0.29, 0.717) is 12.1 Å². The maximum absolute atomic E-state index is 13.7. The third-order valence-corrected chi connectivity index (χ3v) is 3.20. The molecule has 0 aromatic heterocycles. The van der Waals surface area contributed by atoms with Gasteiger partial charge >= 0.3 is 0 Å². The van der Waals surface area contributed by atoms with Crippen LogP contribution in [0.2, 0.25) is 5.02 Å². The van der Waals surface area contributed by atoms with E-state index in [0.717, 1.165) is 17.3 Å². The maximum Gasteiger partial charge on any atom is 0.257 e. The summed E-state index contributed by atoms with van der Waals surface area (Å²) in [6.07, 6.45) is 0. The smallest absolute Gasteiger partial charge is 0.257 e. The standard InChI is InChI=1S/C16H16ClFN2O/c1-3-19-15-8-10(2)4-6-12(15)16(21)20-14-7-5-11(17)9-13(14)18/h4-9,19H,3H2,1-2H3,(H,20,21). The van der Waals surface area contributed by atoms with Crippen molar-refractivity contribution in [1.82, 2.24) is 0 Å². The van der Waals surface area contributed by atoms with E-state index in [1.165, 1.54) is 12.1 Å². The van der Waals surface area contributed by atoms with Gasteiger partial charge in [0, 0.05) is 17.3 Å². The van der Waals surface area contributed by atoms with Crippen LogP contribution in [0.25, 0.3) is 0 Å². The summed E-state index contributed by atoms with van der Waals surface area (Å²) in [6, 6.07) is 9.58. The number of hydrogen-bond donors (Lipinski definition) is 2.